The van der Waals surface area contributed by atoms with Crippen LogP contribution in [0, 0.1) is 0 Å². The van der Waals surface area contributed by atoms with Crippen LogP contribution in [-0.2, 0) is 9.53 Å². The second kappa shape index (κ2) is 13.1. The number of aromatic nitrogens is 2. The van der Waals surface area contributed by atoms with E-state index in [-0.39, 0.29) is 18.2 Å². The molecule has 2 aromatic rings. The molecule has 5 heteroatoms. The molecule has 0 amide bonds. The fourth-order valence-corrected chi connectivity index (χ4v) is 4.18. The quantitative estimate of drug-likeness (QED) is 0.174. The molecule has 0 atom stereocenters. The lowest BCUT2D eigenvalue weighted by molar-refractivity contribution is -0.140. The normalized spacial score (nSPS) is 13.9. The highest BCUT2D eigenvalue weighted by molar-refractivity contribution is 6.00. The SMILES string of the molecule is CCCCCCC/C=C/c1cc(-c2cnn(C3CCC3)c2)ccc1C(=O)CCCC(=O)OC. The predicted molar refractivity (Wildman–Crippen MR) is 133 cm³/mol. The number of carbonyl (C=O) groups is 2. The van der Waals surface area contributed by atoms with Crippen LogP contribution in [0.1, 0.15) is 106 Å². The summed E-state index contributed by atoms with van der Waals surface area (Å²) in [4.78, 5) is 24.3. The number of carbonyl (C=O) groups excluding carboxylic acids is 2. The molecular formula is C28H38N2O3. The van der Waals surface area contributed by atoms with Crippen LogP contribution in [0.3, 0.4) is 0 Å². The highest BCUT2D eigenvalue weighted by Gasteiger charge is 2.20. The summed E-state index contributed by atoms with van der Waals surface area (Å²) in [5.41, 5.74) is 3.83. The van der Waals surface area contributed by atoms with Gasteiger partial charge in [-0.3, -0.25) is 14.3 Å². The molecule has 0 spiro atoms. The van der Waals surface area contributed by atoms with Crippen molar-refractivity contribution < 1.29 is 14.3 Å². The molecule has 1 aliphatic carbocycles. The van der Waals surface area contributed by atoms with Crippen molar-refractivity contribution in [2.45, 2.75) is 90.0 Å². The third-order valence-corrected chi connectivity index (χ3v) is 6.52. The van der Waals surface area contributed by atoms with Gasteiger partial charge in [0, 0.05) is 30.2 Å². The van der Waals surface area contributed by atoms with E-state index in [1.807, 2.05) is 18.3 Å². The van der Waals surface area contributed by atoms with Crippen molar-refractivity contribution in [3.05, 3.63) is 47.8 Å². The molecule has 0 bridgehead atoms. The average Bonchev–Trinajstić information content (AvgIpc) is 3.26. The van der Waals surface area contributed by atoms with Crippen LogP contribution in [0.15, 0.2) is 36.7 Å². The summed E-state index contributed by atoms with van der Waals surface area (Å²) in [6, 6.07) is 6.57. The van der Waals surface area contributed by atoms with Crippen molar-refractivity contribution in [2.24, 2.45) is 0 Å². The van der Waals surface area contributed by atoms with Crippen molar-refractivity contribution in [1.29, 1.82) is 0 Å². The van der Waals surface area contributed by atoms with E-state index in [4.69, 9.17) is 0 Å². The minimum atomic E-state index is -0.273. The summed E-state index contributed by atoms with van der Waals surface area (Å²) >= 11 is 0. The van der Waals surface area contributed by atoms with Gasteiger partial charge in [-0.25, -0.2) is 0 Å². The zero-order valence-corrected chi connectivity index (χ0v) is 20.2. The Morgan fingerprint density at radius 1 is 1.09 bits per heavy atom. The number of allylic oxidation sites excluding steroid dienone is 1. The number of Topliss-reactive ketones (excluding diaryl/α,β-unsaturated/α-hetero) is 1. The number of hydrogen-bond donors (Lipinski definition) is 0. The Kier molecular flexibility index (Phi) is 9.92. The molecule has 3 rings (SSSR count). The van der Waals surface area contributed by atoms with Gasteiger partial charge in [0.1, 0.15) is 0 Å². The van der Waals surface area contributed by atoms with Crippen molar-refractivity contribution in [2.75, 3.05) is 7.11 Å². The van der Waals surface area contributed by atoms with Crippen LogP contribution >= 0.6 is 0 Å². The lowest BCUT2D eigenvalue weighted by Crippen LogP contribution is -2.16. The van der Waals surface area contributed by atoms with E-state index < -0.39 is 0 Å². The number of hydrogen-bond acceptors (Lipinski definition) is 4. The van der Waals surface area contributed by atoms with Gasteiger partial charge in [0.2, 0.25) is 0 Å². The first-order valence-electron chi connectivity index (χ1n) is 12.6. The Morgan fingerprint density at radius 2 is 1.91 bits per heavy atom. The molecule has 1 saturated carbocycles. The molecule has 1 heterocycles. The largest absolute Gasteiger partial charge is 0.469 e. The molecule has 1 aliphatic rings. The van der Waals surface area contributed by atoms with E-state index in [0.29, 0.717) is 18.9 Å². The molecule has 0 saturated heterocycles. The van der Waals surface area contributed by atoms with E-state index in [9.17, 15) is 9.59 Å². The van der Waals surface area contributed by atoms with Crippen LogP contribution in [0.5, 0.6) is 0 Å². The Balaban J connectivity index is 1.72. The number of esters is 1. The Hall–Kier alpha value is -2.69. The average molecular weight is 451 g/mol. The van der Waals surface area contributed by atoms with Gasteiger partial charge < -0.3 is 4.74 Å². The van der Waals surface area contributed by atoms with Crippen molar-refractivity contribution >= 4 is 17.8 Å². The third-order valence-electron chi connectivity index (χ3n) is 6.52. The molecule has 0 N–H and O–H groups in total. The van der Waals surface area contributed by atoms with E-state index in [1.54, 1.807) is 0 Å². The monoisotopic (exact) mass is 450 g/mol. The predicted octanol–water partition coefficient (Wildman–Crippen LogP) is 7.17. The maximum absolute atomic E-state index is 12.9. The Morgan fingerprint density at radius 3 is 2.64 bits per heavy atom. The summed E-state index contributed by atoms with van der Waals surface area (Å²) in [5.74, 6) is -0.206. The number of benzene rings is 1. The number of methoxy groups -OCH3 is 1. The van der Waals surface area contributed by atoms with E-state index in [2.05, 4.69) is 45.9 Å². The maximum Gasteiger partial charge on any atom is 0.305 e. The first-order chi connectivity index (χ1) is 16.1. The van der Waals surface area contributed by atoms with Crippen LogP contribution in [-0.4, -0.2) is 28.6 Å². The molecular weight excluding hydrogens is 412 g/mol. The number of nitrogens with zero attached hydrogens (tertiary/aromatic N) is 2. The van der Waals surface area contributed by atoms with E-state index in [1.165, 1.54) is 58.5 Å². The molecule has 1 aromatic carbocycles. The molecule has 1 fully saturated rings. The molecule has 0 radical (unpaired) electrons. The standard InChI is InChI=1S/C28H38N2O3/c1-3-4-5-6-7-8-9-12-23-19-22(24-20-29-30(21-24)25-13-10-14-25)17-18-26(23)27(31)15-11-16-28(32)33-2/h9,12,17-21,25H,3-8,10-11,13-16H2,1-2H3/b12-9+. The Labute approximate surface area is 198 Å². The summed E-state index contributed by atoms with van der Waals surface area (Å²) in [7, 11) is 1.38. The third kappa shape index (κ3) is 7.41. The van der Waals surface area contributed by atoms with Gasteiger partial charge in [-0.1, -0.05) is 56.9 Å². The minimum Gasteiger partial charge on any atom is -0.469 e. The molecule has 1 aromatic heterocycles. The lowest BCUT2D eigenvalue weighted by atomic mass is 9.93. The zero-order valence-electron chi connectivity index (χ0n) is 20.2. The first kappa shape index (κ1) is 24.9. The summed E-state index contributed by atoms with van der Waals surface area (Å²) in [6.07, 6.45) is 20.4. The van der Waals surface area contributed by atoms with Gasteiger partial charge in [-0.05, 0) is 55.7 Å². The van der Waals surface area contributed by atoms with Gasteiger partial charge in [-0.2, -0.15) is 5.10 Å². The highest BCUT2D eigenvalue weighted by Crippen LogP contribution is 2.32. The number of unbranched alkanes of at least 4 members (excludes halogenated alkanes) is 5. The van der Waals surface area contributed by atoms with Crippen LogP contribution in [0.25, 0.3) is 17.2 Å². The smallest absolute Gasteiger partial charge is 0.305 e. The molecule has 33 heavy (non-hydrogen) atoms. The van der Waals surface area contributed by atoms with Gasteiger partial charge in [0.05, 0.1) is 19.3 Å². The Bertz CT molecular complexity index is 940. The lowest BCUT2D eigenvalue weighted by Gasteiger charge is -2.25. The molecule has 5 nitrogen and oxygen atoms in total. The topological polar surface area (TPSA) is 61.2 Å². The van der Waals surface area contributed by atoms with Crippen LogP contribution < -0.4 is 0 Å². The van der Waals surface area contributed by atoms with E-state index in [0.717, 1.165) is 28.7 Å². The highest BCUT2D eigenvalue weighted by atomic mass is 16.5. The van der Waals surface area contributed by atoms with Crippen molar-refractivity contribution in [3.63, 3.8) is 0 Å². The van der Waals surface area contributed by atoms with E-state index >= 15 is 0 Å². The first-order valence-corrected chi connectivity index (χ1v) is 12.6. The van der Waals surface area contributed by atoms with Gasteiger partial charge in [0.25, 0.3) is 0 Å². The molecule has 0 unspecified atom stereocenters. The van der Waals surface area contributed by atoms with Crippen molar-refractivity contribution in [1.82, 2.24) is 9.78 Å². The number of ketones is 1. The number of rotatable bonds is 14. The summed E-state index contributed by atoms with van der Waals surface area (Å²) in [5, 5.41) is 4.57. The zero-order chi connectivity index (χ0) is 23.5. The van der Waals surface area contributed by atoms with Crippen LogP contribution in [0.2, 0.25) is 0 Å². The minimum absolute atomic E-state index is 0.0678. The van der Waals surface area contributed by atoms with Gasteiger partial charge in [0.15, 0.2) is 5.78 Å². The van der Waals surface area contributed by atoms with Crippen molar-refractivity contribution in [3.8, 4) is 11.1 Å². The summed E-state index contributed by atoms with van der Waals surface area (Å²) in [6.45, 7) is 2.23. The fourth-order valence-electron chi connectivity index (χ4n) is 4.18. The summed E-state index contributed by atoms with van der Waals surface area (Å²) < 4.78 is 6.77. The fraction of sp³-hybridized carbons (Fsp3) is 0.536. The number of ether oxygens (including phenoxy) is 1. The molecule has 0 aliphatic heterocycles. The van der Waals surface area contributed by atoms with Gasteiger partial charge >= 0.3 is 5.97 Å². The second-order valence-electron chi connectivity index (χ2n) is 9.05. The maximum atomic E-state index is 12.9. The molecule has 178 valence electrons. The van der Waals surface area contributed by atoms with Crippen LogP contribution in [0.4, 0.5) is 0 Å². The van der Waals surface area contributed by atoms with Gasteiger partial charge in [-0.15, -0.1) is 0 Å². The second-order valence-corrected chi connectivity index (χ2v) is 9.05.